The quantitative estimate of drug-likeness (QED) is 0.381. The first-order chi connectivity index (χ1) is 16.2. The Morgan fingerprint density at radius 3 is 2.53 bits per heavy atom. The number of esters is 2. The number of carbonyl (C=O) groups is 3. The average Bonchev–Trinajstić information content (AvgIpc) is 3.09. The topological polar surface area (TPSA) is 128 Å². The highest BCUT2D eigenvalue weighted by Crippen LogP contribution is 2.36. The zero-order chi connectivity index (χ0) is 24.8. The number of nitrogens with one attached hydrogen (secondary N) is 1. The van der Waals surface area contributed by atoms with E-state index in [0.29, 0.717) is 11.1 Å². The molecule has 1 aliphatic heterocycles. The molecule has 0 saturated carbocycles. The highest BCUT2D eigenvalue weighted by atomic mass is 79.9. The van der Waals surface area contributed by atoms with Crippen LogP contribution in [0.5, 0.6) is 0 Å². The molecule has 1 saturated heterocycles. The number of alkyl halides is 1. The molecule has 3 rings (SSSR count). The number of anilines is 1. The van der Waals surface area contributed by atoms with E-state index in [1.165, 1.54) is 29.9 Å². The van der Waals surface area contributed by atoms with Crippen molar-refractivity contribution in [1.82, 2.24) is 9.97 Å². The molecular weight excluding hydrogens is 578 g/mol. The number of amides is 1. The van der Waals surface area contributed by atoms with Gasteiger partial charge in [0.25, 0.3) is 5.91 Å². The van der Waals surface area contributed by atoms with Gasteiger partial charge in [0.1, 0.15) is 18.5 Å². The Bertz CT molecular complexity index is 1140. The first-order valence-electron chi connectivity index (χ1n) is 10.1. The van der Waals surface area contributed by atoms with E-state index < -0.39 is 46.8 Å². The van der Waals surface area contributed by atoms with Crippen LogP contribution in [0.1, 0.15) is 29.8 Å². The number of carbonyl (C=O) groups excluding carboxylic acids is 3. The van der Waals surface area contributed by atoms with Crippen molar-refractivity contribution in [2.45, 2.75) is 37.1 Å². The number of hydrogen-bond acceptors (Lipinski definition) is 8. The van der Waals surface area contributed by atoms with Crippen LogP contribution in [0, 0.1) is 0 Å². The van der Waals surface area contributed by atoms with Crippen LogP contribution in [0.3, 0.4) is 0 Å². The Hall–Kier alpha value is -2.83. The lowest BCUT2D eigenvalue weighted by molar-refractivity contribution is -0.148. The van der Waals surface area contributed by atoms with Crippen LogP contribution in [0.15, 0.2) is 46.3 Å². The van der Waals surface area contributed by atoms with Crippen molar-refractivity contribution in [2.75, 3.05) is 11.5 Å². The molecule has 0 unspecified atom stereocenters. The lowest BCUT2D eigenvalue weighted by Crippen LogP contribution is -2.49. The largest absolute Gasteiger partial charge is 0.463 e. The second-order valence-corrected chi connectivity index (χ2v) is 8.80. The van der Waals surface area contributed by atoms with Crippen molar-refractivity contribution in [2.24, 2.45) is 0 Å². The van der Waals surface area contributed by atoms with Gasteiger partial charge >= 0.3 is 17.6 Å². The highest BCUT2D eigenvalue weighted by Gasteiger charge is 2.51. The number of benzene rings is 1. The molecule has 2 heterocycles. The van der Waals surface area contributed by atoms with Crippen molar-refractivity contribution in [3.63, 3.8) is 0 Å². The lowest BCUT2D eigenvalue weighted by atomic mass is 10.1. The first kappa shape index (κ1) is 25.8. The summed E-state index contributed by atoms with van der Waals surface area (Å²) in [6, 6.07) is 8.34. The van der Waals surface area contributed by atoms with Gasteiger partial charge in [0.05, 0.1) is 4.83 Å². The Balaban J connectivity index is 2.15. The molecule has 180 valence electrons. The van der Waals surface area contributed by atoms with E-state index in [0.717, 1.165) is 0 Å². The van der Waals surface area contributed by atoms with E-state index in [2.05, 4.69) is 41.8 Å². The zero-order valence-electron chi connectivity index (χ0n) is 18.1. The second-order valence-electron chi connectivity index (χ2n) is 7.21. The number of rotatable bonds is 7. The number of H-pyrrole nitrogens is 1. The maximum atomic E-state index is 13.7. The summed E-state index contributed by atoms with van der Waals surface area (Å²) in [7, 11) is 0. The molecule has 0 bridgehead atoms. The standard InChI is InChI=1S/C22H21Br2N3O7/c1-12(28)32-11-16-17(24)18(33-13(2)29)21(34-16)27(20(30)14-6-4-3-5-7-14)19-15(8-9-23)10-25-22(31)26-19/h3-10,16-18,21H,11H2,1-2H3,(H,25,26,31)/t16-,17+,18-,21-/m1/s1. The van der Waals surface area contributed by atoms with Gasteiger partial charge in [0.2, 0.25) is 0 Å². The predicted molar refractivity (Wildman–Crippen MR) is 130 cm³/mol. The molecule has 1 amide bonds. The maximum Gasteiger partial charge on any atom is 0.346 e. The summed E-state index contributed by atoms with van der Waals surface area (Å²) in [5.41, 5.74) is -0.00405. The van der Waals surface area contributed by atoms with Gasteiger partial charge in [-0.2, -0.15) is 0 Å². The van der Waals surface area contributed by atoms with Crippen LogP contribution >= 0.6 is 31.9 Å². The molecule has 34 heavy (non-hydrogen) atoms. The van der Waals surface area contributed by atoms with Crippen LogP contribution in [-0.2, 0) is 23.8 Å². The fourth-order valence-electron chi connectivity index (χ4n) is 3.40. The smallest absolute Gasteiger partial charge is 0.346 e. The minimum atomic E-state index is -1.18. The summed E-state index contributed by atoms with van der Waals surface area (Å²) in [5, 5.41) is 0. The SMILES string of the molecule is CC(=O)OC[C@H]1O[C@@H](N(C(=O)c2ccccc2)c2[nH]c(=O)ncc2C=CBr)[C@H](OC(C)=O)[C@H]1Br. The molecular formula is C22H21Br2N3O7. The second kappa shape index (κ2) is 11.5. The predicted octanol–water partition coefficient (Wildman–Crippen LogP) is 2.77. The number of ether oxygens (including phenoxy) is 3. The highest BCUT2D eigenvalue weighted by molar-refractivity contribution is 9.11. The Kier molecular flexibility index (Phi) is 8.75. The summed E-state index contributed by atoms with van der Waals surface area (Å²) >= 11 is 6.65. The molecule has 12 heteroatoms. The molecule has 10 nitrogen and oxygen atoms in total. The minimum Gasteiger partial charge on any atom is -0.463 e. The molecule has 0 spiro atoms. The Morgan fingerprint density at radius 2 is 1.91 bits per heavy atom. The fourth-order valence-corrected chi connectivity index (χ4v) is 4.33. The number of halogens is 2. The van der Waals surface area contributed by atoms with Gasteiger partial charge in [-0.05, 0) is 23.2 Å². The van der Waals surface area contributed by atoms with Gasteiger partial charge in [-0.1, -0.05) is 50.1 Å². The maximum absolute atomic E-state index is 13.7. The van der Waals surface area contributed by atoms with Crippen molar-refractivity contribution in [3.05, 3.63) is 63.1 Å². The molecule has 1 aromatic heterocycles. The summed E-state index contributed by atoms with van der Waals surface area (Å²) in [6.45, 7) is 2.34. The van der Waals surface area contributed by atoms with E-state index in [1.54, 1.807) is 36.4 Å². The molecule has 4 atom stereocenters. The Morgan fingerprint density at radius 1 is 1.21 bits per heavy atom. The number of aromatic amines is 1. The molecule has 2 aromatic rings. The molecule has 1 aliphatic rings. The lowest BCUT2D eigenvalue weighted by Gasteiger charge is -2.32. The first-order valence-corrected chi connectivity index (χ1v) is 11.9. The van der Waals surface area contributed by atoms with Gasteiger partial charge in [0.15, 0.2) is 12.3 Å². The van der Waals surface area contributed by atoms with Crippen LogP contribution in [0.2, 0.25) is 0 Å². The molecule has 0 radical (unpaired) electrons. The Labute approximate surface area is 211 Å². The molecule has 0 aliphatic carbocycles. The third-order valence-corrected chi connectivity index (χ3v) is 6.19. The van der Waals surface area contributed by atoms with E-state index in [-0.39, 0.29) is 12.4 Å². The van der Waals surface area contributed by atoms with Crippen LogP contribution in [0.25, 0.3) is 6.08 Å². The monoisotopic (exact) mass is 597 g/mol. The summed E-state index contributed by atoms with van der Waals surface area (Å²) in [6.07, 6.45) is -0.0470. The van der Waals surface area contributed by atoms with Gasteiger partial charge < -0.3 is 14.2 Å². The van der Waals surface area contributed by atoms with Crippen molar-refractivity contribution in [1.29, 1.82) is 0 Å². The van der Waals surface area contributed by atoms with E-state index in [4.69, 9.17) is 14.2 Å². The number of hydrogen-bond donors (Lipinski definition) is 1. The van der Waals surface area contributed by atoms with E-state index in [1.807, 2.05) is 0 Å². The normalized spacial score (nSPS) is 21.9. The molecule has 1 N–H and O–H groups in total. The third kappa shape index (κ3) is 5.99. The van der Waals surface area contributed by atoms with E-state index in [9.17, 15) is 19.2 Å². The van der Waals surface area contributed by atoms with Crippen LogP contribution in [-0.4, -0.2) is 57.7 Å². The third-order valence-electron chi connectivity index (χ3n) is 4.81. The summed E-state index contributed by atoms with van der Waals surface area (Å²) < 4.78 is 16.7. The zero-order valence-corrected chi connectivity index (χ0v) is 21.3. The number of aromatic nitrogens is 2. The van der Waals surface area contributed by atoms with Crippen LogP contribution in [0.4, 0.5) is 5.82 Å². The van der Waals surface area contributed by atoms with Gasteiger partial charge in [-0.25, -0.2) is 9.78 Å². The average molecular weight is 599 g/mol. The summed E-state index contributed by atoms with van der Waals surface area (Å²) in [4.78, 5) is 57.6. The van der Waals surface area contributed by atoms with Gasteiger partial charge in [0, 0.05) is 31.2 Å². The molecule has 1 fully saturated rings. The van der Waals surface area contributed by atoms with E-state index >= 15 is 0 Å². The van der Waals surface area contributed by atoms with Crippen molar-refractivity contribution >= 4 is 61.6 Å². The molecule has 1 aromatic carbocycles. The number of nitrogens with zero attached hydrogens (tertiary/aromatic N) is 2. The van der Waals surface area contributed by atoms with Crippen LogP contribution < -0.4 is 10.6 Å². The minimum absolute atomic E-state index is 0.0829. The van der Waals surface area contributed by atoms with Crippen molar-refractivity contribution < 1.29 is 28.6 Å². The summed E-state index contributed by atoms with van der Waals surface area (Å²) in [5.74, 6) is -1.57. The fraction of sp³-hybridized carbons (Fsp3) is 0.318. The van der Waals surface area contributed by atoms with Crippen molar-refractivity contribution in [3.8, 4) is 0 Å². The van der Waals surface area contributed by atoms with Gasteiger partial charge in [-0.15, -0.1) is 0 Å². The van der Waals surface area contributed by atoms with Gasteiger partial charge in [-0.3, -0.25) is 24.3 Å².